The van der Waals surface area contributed by atoms with E-state index in [0.29, 0.717) is 29.8 Å². The molecule has 0 aliphatic carbocycles. The van der Waals surface area contributed by atoms with Crippen LogP contribution in [0.4, 0.5) is 5.69 Å². The van der Waals surface area contributed by atoms with Crippen LogP contribution in [-0.4, -0.2) is 50.4 Å². The van der Waals surface area contributed by atoms with Gasteiger partial charge in [-0.2, -0.15) is 0 Å². The van der Waals surface area contributed by atoms with Crippen LogP contribution in [0.1, 0.15) is 50.4 Å². The molecule has 1 aliphatic heterocycles. The second kappa shape index (κ2) is 10.8. The number of fused-ring (bicyclic) bond motifs is 2. The van der Waals surface area contributed by atoms with Gasteiger partial charge in [-0.3, -0.25) is 4.79 Å². The largest absolute Gasteiger partial charge is 0.355 e. The summed E-state index contributed by atoms with van der Waals surface area (Å²) in [5, 5.41) is 3.93. The zero-order chi connectivity index (χ0) is 25.0. The molecule has 0 atom stereocenters. The van der Waals surface area contributed by atoms with Gasteiger partial charge in [-0.1, -0.05) is 26.8 Å². The van der Waals surface area contributed by atoms with Crippen molar-refractivity contribution in [1.82, 2.24) is 14.6 Å². The van der Waals surface area contributed by atoms with Gasteiger partial charge in [0, 0.05) is 34.4 Å². The number of nitrogens with zero attached hydrogens (tertiary/aromatic N) is 1. The number of amides is 1. The topological polar surface area (TPSA) is 94.3 Å². The lowest BCUT2D eigenvalue weighted by molar-refractivity contribution is -0.110. The molecule has 0 unspecified atom stereocenters. The van der Waals surface area contributed by atoms with E-state index < -0.39 is 10.0 Å². The fourth-order valence-electron chi connectivity index (χ4n) is 4.44. The van der Waals surface area contributed by atoms with E-state index >= 15 is 0 Å². The number of carbonyl (C=O) groups excluding carboxylic acids is 1. The van der Waals surface area contributed by atoms with Crippen LogP contribution in [-0.2, 0) is 21.2 Å². The van der Waals surface area contributed by atoms with Crippen LogP contribution in [0.2, 0.25) is 0 Å². The lowest BCUT2D eigenvalue weighted by Gasteiger charge is -2.17. The number of aromatic amines is 1. The zero-order valence-electron chi connectivity index (χ0n) is 20.6. The maximum atomic E-state index is 12.7. The van der Waals surface area contributed by atoms with Gasteiger partial charge in [0.2, 0.25) is 10.0 Å². The van der Waals surface area contributed by atoms with Crippen molar-refractivity contribution in [2.75, 3.05) is 31.5 Å². The van der Waals surface area contributed by atoms with Gasteiger partial charge in [-0.25, -0.2) is 13.1 Å². The van der Waals surface area contributed by atoms with Crippen molar-refractivity contribution in [1.29, 1.82) is 0 Å². The van der Waals surface area contributed by atoms with Crippen molar-refractivity contribution < 1.29 is 13.2 Å². The van der Waals surface area contributed by atoms with Crippen LogP contribution in [0.25, 0.3) is 22.6 Å². The summed E-state index contributed by atoms with van der Waals surface area (Å²) < 4.78 is 27.8. The molecule has 1 aromatic heterocycles. The van der Waals surface area contributed by atoms with E-state index in [9.17, 15) is 13.2 Å². The molecule has 1 aliphatic rings. The van der Waals surface area contributed by atoms with Gasteiger partial charge in [0.1, 0.15) is 0 Å². The fraction of sp³-hybridized carbons (Fsp3) is 0.370. The smallest absolute Gasteiger partial charge is 0.256 e. The quantitative estimate of drug-likeness (QED) is 0.339. The number of anilines is 1. The summed E-state index contributed by atoms with van der Waals surface area (Å²) in [4.78, 5) is 18.7. The molecular formula is C27H34N4O3S. The first-order valence-corrected chi connectivity index (χ1v) is 13.8. The summed E-state index contributed by atoms with van der Waals surface area (Å²) in [6.45, 7) is 9.90. The predicted octanol–water partition coefficient (Wildman–Crippen LogP) is 4.62. The maximum Gasteiger partial charge on any atom is 0.256 e. The molecule has 0 saturated carbocycles. The molecule has 0 spiro atoms. The Kier molecular flexibility index (Phi) is 7.74. The van der Waals surface area contributed by atoms with Crippen molar-refractivity contribution in [2.24, 2.45) is 0 Å². The van der Waals surface area contributed by atoms with E-state index in [4.69, 9.17) is 0 Å². The zero-order valence-corrected chi connectivity index (χ0v) is 21.5. The average molecular weight is 495 g/mol. The first-order valence-electron chi connectivity index (χ1n) is 12.4. The van der Waals surface area contributed by atoms with Crippen molar-refractivity contribution >= 4 is 44.2 Å². The van der Waals surface area contributed by atoms with Gasteiger partial charge in [0.05, 0.1) is 10.5 Å². The van der Waals surface area contributed by atoms with E-state index in [0.717, 1.165) is 49.1 Å². The molecule has 3 N–H and O–H groups in total. The molecule has 0 radical (unpaired) electrons. The molecule has 4 rings (SSSR count). The highest BCUT2D eigenvalue weighted by molar-refractivity contribution is 7.89. The molecule has 7 nitrogen and oxygen atoms in total. The SMILES string of the molecule is CCCNS(=O)(=O)c1ccc2c(c1)C(=Cc1cc3cc(CCCN(CC)CC)ccc3[nH]1)C(=O)N2. The number of aromatic nitrogens is 1. The number of carbonyl (C=O) groups is 1. The lowest BCUT2D eigenvalue weighted by atomic mass is 10.1. The standard InChI is InChI=1S/C27H34N4O3S/c1-4-13-28-35(33,34)22-10-12-26-23(18-22)24(27(32)30-26)17-21-16-20-15-19(9-11-25(20)29-21)8-7-14-31(5-2)6-3/h9-12,15-18,28-29H,4-8,13-14H2,1-3H3,(H,30,32). The average Bonchev–Trinajstić information content (AvgIpc) is 3.39. The molecule has 2 heterocycles. The van der Waals surface area contributed by atoms with Crippen molar-refractivity contribution in [2.45, 2.75) is 44.9 Å². The summed E-state index contributed by atoms with van der Waals surface area (Å²) in [6.07, 6.45) is 4.63. The number of H-pyrrole nitrogens is 1. The Bertz CT molecular complexity index is 1350. The molecule has 0 saturated heterocycles. The molecule has 8 heteroatoms. The van der Waals surface area contributed by atoms with Gasteiger partial charge in [-0.05, 0) is 86.9 Å². The van der Waals surface area contributed by atoms with Crippen molar-refractivity contribution in [3.8, 4) is 0 Å². The van der Waals surface area contributed by atoms with Crippen molar-refractivity contribution in [3.05, 3.63) is 59.3 Å². The molecular weight excluding hydrogens is 460 g/mol. The maximum absolute atomic E-state index is 12.7. The highest BCUT2D eigenvalue weighted by Gasteiger charge is 2.26. The van der Waals surface area contributed by atoms with Crippen LogP contribution < -0.4 is 10.0 Å². The van der Waals surface area contributed by atoms with Gasteiger partial charge in [-0.15, -0.1) is 0 Å². The number of sulfonamides is 1. The normalized spacial score (nSPS) is 14.7. The van der Waals surface area contributed by atoms with Gasteiger partial charge in [0.15, 0.2) is 0 Å². The number of aryl methyl sites for hydroxylation is 1. The van der Waals surface area contributed by atoms with Gasteiger partial charge >= 0.3 is 0 Å². The Morgan fingerprint density at radius 2 is 1.83 bits per heavy atom. The summed E-state index contributed by atoms with van der Waals surface area (Å²) in [5.74, 6) is -0.244. The van der Waals surface area contributed by atoms with Gasteiger partial charge in [0.25, 0.3) is 5.91 Å². The number of nitrogens with one attached hydrogen (secondary N) is 3. The third-order valence-electron chi connectivity index (χ3n) is 6.47. The summed E-state index contributed by atoms with van der Waals surface area (Å²) >= 11 is 0. The monoisotopic (exact) mass is 494 g/mol. The fourth-order valence-corrected chi connectivity index (χ4v) is 5.60. The second-order valence-electron chi connectivity index (χ2n) is 8.89. The predicted molar refractivity (Wildman–Crippen MR) is 143 cm³/mol. The Morgan fingerprint density at radius 1 is 1.03 bits per heavy atom. The molecule has 0 bridgehead atoms. The Labute approximate surface area is 207 Å². The van der Waals surface area contributed by atoms with Gasteiger partial charge < -0.3 is 15.2 Å². The Hall–Kier alpha value is -2.94. The van der Waals surface area contributed by atoms with Crippen LogP contribution in [0.5, 0.6) is 0 Å². The number of rotatable bonds is 11. The van der Waals surface area contributed by atoms with Crippen LogP contribution >= 0.6 is 0 Å². The van der Waals surface area contributed by atoms with Crippen LogP contribution in [0, 0.1) is 0 Å². The number of hydrogen-bond donors (Lipinski definition) is 3. The Morgan fingerprint density at radius 3 is 2.57 bits per heavy atom. The van der Waals surface area contributed by atoms with E-state index in [2.05, 4.69) is 52.0 Å². The second-order valence-corrected chi connectivity index (χ2v) is 10.7. The molecule has 3 aromatic rings. The minimum absolute atomic E-state index is 0.151. The summed E-state index contributed by atoms with van der Waals surface area (Å²) in [6, 6.07) is 13.2. The highest BCUT2D eigenvalue weighted by atomic mass is 32.2. The van der Waals surface area contributed by atoms with Crippen LogP contribution in [0.15, 0.2) is 47.4 Å². The van der Waals surface area contributed by atoms with E-state index in [1.165, 1.54) is 11.6 Å². The van der Waals surface area contributed by atoms with E-state index in [1.54, 1.807) is 18.2 Å². The van der Waals surface area contributed by atoms with E-state index in [1.807, 2.05) is 13.0 Å². The minimum Gasteiger partial charge on any atom is -0.355 e. The third-order valence-corrected chi connectivity index (χ3v) is 7.93. The molecule has 2 aromatic carbocycles. The lowest BCUT2D eigenvalue weighted by Crippen LogP contribution is -2.24. The molecule has 35 heavy (non-hydrogen) atoms. The molecule has 186 valence electrons. The summed E-state index contributed by atoms with van der Waals surface area (Å²) in [5.41, 5.74) is 4.74. The highest BCUT2D eigenvalue weighted by Crippen LogP contribution is 2.35. The summed E-state index contributed by atoms with van der Waals surface area (Å²) in [7, 11) is -3.63. The van der Waals surface area contributed by atoms with Crippen molar-refractivity contribution in [3.63, 3.8) is 0 Å². The van der Waals surface area contributed by atoms with E-state index in [-0.39, 0.29) is 10.8 Å². The Balaban J connectivity index is 1.58. The number of hydrogen-bond acceptors (Lipinski definition) is 4. The first kappa shape index (κ1) is 25.2. The molecule has 0 fully saturated rings. The number of benzene rings is 2. The van der Waals surface area contributed by atoms with Crippen LogP contribution in [0.3, 0.4) is 0 Å². The minimum atomic E-state index is -3.63. The molecule has 1 amide bonds. The third kappa shape index (κ3) is 5.66. The first-order chi connectivity index (χ1) is 16.8.